The maximum atomic E-state index is 6.18. The standard InChI is InChI=1S/C18H36O2/c1-11-15(3,4)19-17(7,8)13-14-18(9,10)20-16(5,6)12-2/h13-14H,11-12H2,1-10H3. The van der Waals surface area contributed by atoms with Crippen molar-refractivity contribution in [2.24, 2.45) is 0 Å². The van der Waals surface area contributed by atoms with Crippen LogP contribution in [-0.2, 0) is 9.47 Å². The molecule has 0 aromatic carbocycles. The largest absolute Gasteiger partial charge is 0.366 e. The SMILES string of the molecule is CCC(C)(C)OC(C)(C)C=CC(C)(C)OC(C)(C)CC. The van der Waals surface area contributed by atoms with Crippen LogP contribution < -0.4 is 0 Å². The minimum absolute atomic E-state index is 0.110. The minimum Gasteiger partial charge on any atom is -0.366 e. The van der Waals surface area contributed by atoms with E-state index < -0.39 is 0 Å². The van der Waals surface area contributed by atoms with Crippen molar-refractivity contribution in [2.45, 2.75) is 104 Å². The van der Waals surface area contributed by atoms with E-state index in [2.05, 4.69) is 81.4 Å². The Kier molecular flexibility index (Phi) is 6.50. The first-order valence-electron chi connectivity index (χ1n) is 7.85. The third kappa shape index (κ3) is 8.06. The van der Waals surface area contributed by atoms with E-state index in [1.165, 1.54) is 0 Å². The monoisotopic (exact) mass is 284 g/mol. The number of ether oxygens (including phenoxy) is 2. The van der Waals surface area contributed by atoms with E-state index in [-0.39, 0.29) is 22.4 Å². The van der Waals surface area contributed by atoms with Crippen molar-refractivity contribution in [2.75, 3.05) is 0 Å². The van der Waals surface area contributed by atoms with E-state index in [4.69, 9.17) is 9.47 Å². The van der Waals surface area contributed by atoms with Crippen molar-refractivity contribution in [3.8, 4) is 0 Å². The van der Waals surface area contributed by atoms with E-state index in [1.54, 1.807) is 0 Å². The predicted octanol–water partition coefficient (Wildman–Crippen LogP) is 5.51. The Labute approximate surface area is 126 Å². The van der Waals surface area contributed by atoms with Crippen molar-refractivity contribution < 1.29 is 9.47 Å². The molecule has 0 rings (SSSR count). The Hall–Kier alpha value is -0.340. The fourth-order valence-electron chi connectivity index (χ4n) is 2.04. The lowest BCUT2D eigenvalue weighted by Gasteiger charge is -2.36. The molecule has 0 unspecified atom stereocenters. The highest BCUT2D eigenvalue weighted by atomic mass is 16.5. The van der Waals surface area contributed by atoms with E-state index in [0.29, 0.717) is 0 Å². The molecule has 0 aliphatic heterocycles. The summed E-state index contributed by atoms with van der Waals surface area (Å²) < 4.78 is 12.4. The van der Waals surface area contributed by atoms with Gasteiger partial charge in [0.15, 0.2) is 0 Å². The molecule has 0 saturated carbocycles. The molecule has 0 bridgehead atoms. The second-order valence-electron chi connectivity index (χ2n) is 7.97. The lowest BCUT2D eigenvalue weighted by Crippen LogP contribution is -2.38. The maximum Gasteiger partial charge on any atom is 0.0814 e. The van der Waals surface area contributed by atoms with Crippen molar-refractivity contribution in [3.63, 3.8) is 0 Å². The molecular formula is C18H36O2. The molecule has 0 radical (unpaired) electrons. The van der Waals surface area contributed by atoms with E-state index in [1.807, 2.05) is 0 Å². The Morgan fingerprint density at radius 2 is 0.850 bits per heavy atom. The van der Waals surface area contributed by atoms with Gasteiger partial charge in [0, 0.05) is 0 Å². The Bertz CT molecular complexity index is 290. The second kappa shape index (κ2) is 6.62. The van der Waals surface area contributed by atoms with E-state index >= 15 is 0 Å². The average Bonchev–Trinajstić information content (AvgIpc) is 2.24. The van der Waals surface area contributed by atoms with Crippen molar-refractivity contribution in [3.05, 3.63) is 12.2 Å². The van der Waals surface area contributed by atoms with Crippen molar-refractivity contribution >= 4 is 0 Å². The third-order valence-corrected chi connectivity index (χ3v) is 3.67. The minimum atomic E-state index is -0.295. The van der Waals surface area contributed by atoms with Gasteiger partial charge < -0.3 is 9.47 Å². The summed E-state index contributed by atoms with van der Waals surface area (Å²) in [7, 11) is 0. The van der Waals surface area contributed by atoms with E-state index in [9.17, 15) is 0 Å². The Morgan fingerprint density at radius 1 is 0.600 bits per heavy atom. The fraction of sp³-hybridized carbons (Fsp3) is 0.889. The molecule has 20 heavy (non-hydrogen) atoms. The lowest BCUT2D eigenvalue weighted by atomic mass is 9.98. The molecule has 0 amide bonds. The van der Waals surface area contributed by atoms with Gasteiger partial charge in [-0.05, 0) is 68.2 Å². The van der Waals surface area contributed by atoms with Crippen LogP contribution >= 0.6 is 0 Å². The number of hydrogen-bond donors (Lipinski definition) is 0. The molecule has 2 heteroatoms. The molecule has 0 aliphatic carbocycles. The van der Waals surface area contributed by atoms with Gasteiger partial charge in [0.2, 0.25) is 0 Å². The quantitative estimate of drug-likeness (QED) is 0.547. The number of rotatable bonds is 8. The van der Waals surface area contributed by atoms with Gasteiger partial charge in [-0.2, -0.15) is 0 Å². The summed E-state index contributed by atoms with van der Waals surface area (Å²) in [6.45, 7) is 21.2. The highest BCUT2D eigenvalue weighted by molar-refractivity contribution is 5.06. The van der Waals surface area contributed by atoms with Gasteiger partial charge in [0.25, 0.3) is 0 Å². The highest BCUT2D eigenvalue weighted by Crippen LogP contribution is 2.28. The van der Waals surface area contributed by atoms with Crippen LogP contribution in [0.1, 0.15) is 82.1 Å². The van der Waals surface area contributed by atoms with Crippen LogP contribution in [0.25, 0.3) is 0 Å². The summed E-state index contributed by atoms with van der Waals surface area (Å²) in [5.74, 6) is 0. The van der Waals surface area contributed by atoms with Gasteiger partial charge in [0.1, 0.15) is 0 Å². The van der Waals surface area contributed by atoms with Crippen LogP contribution in [0.4, 0.5) is 0 Å². The summed E-state index contributed by atoms with van der Waals surface area (Å²) in [6.07, 6.45) is 6.23. The summed E-state index contributed by atoms with van der Waals surface area (Å²) in [4.78, 5) is 0. The molecule has 0 fully saturated rings. The first-order chi connectivity index (χ1) is 8.74. The zero-order valence-electron chi connectivity index (χ0n) is 15.4. The zero-order chi connectivity index (χ0) is 16.2. The lowest BCUT2D eigenvalue weighted by molar-refractivity contribution is -0.107. The first kappa shape index (κ1) is 19.7. The van der Waals surface area contributed by atoms with Gasteiger partial charge >= 0.3 is 0 Å². The van der Waals surface area contributed by atoms with Crippen LogP contribution in [0.5, 0.6) is 0 Å². The first-order valence-corrected chi connectivity index (χ1v) is 7.85. The summed E-state index contributed by atoms with van der Waals surface area (Å²) in [5, 5.41) is 0. The van der Waals surface area contributed by atoms with Gasteiger partial charge in [-0.15, -0.1) is 0 Å². The van der Waals surface area contributed by atoms with Gasteiger partial charge in [-0.3, -0.25) is 0 Å². The van der Waals surface area contributed by atoms with Crippen LogP contribution in [0.2, 0.25) is 0 Å². The molecule has 2 nitrogen and oxygen atoms in total. The average molecular weight is 284 g/mol. The molecule has 0 N–H and O–H groups in total. The van der Waals surface area contributed by atoms with E-state index in [0.717, 1.165) is 12.8 Å². The topological polar surface area (TPSA) is 18.5 Å². The molecule has 0 heterocycles. The summed E-state index contributed by atoms with van der Waals surface area (Å²) >= 11 is 0. The third-order valence-electron chi connectivity index (χ3n) is 3.67. The second-order valence-corrected chi connectivity index (χ2v) is 7.97. The van der Waals surface area contributed by atoms with Crippen molar-refractivity contribution in [1.82, 2.24) is 0 Å². The maximum absolute atomic E-state index is 6.18. The predicted molar refractivity (Wildman–Crippen MR) is 88.2 cm³/mol. The fourth-order valence-corrected chi connectivity index (χ4v) is 2.04. The summed E-state index contributed by atoms with van der Waals surface area (Å²) in [6, 6.07) is 0. The molecule has 0 atom stereocenters. The summed E-state index contributed by atoms with van der Waals surface area (Å²) in [5.41, 5.74) is -0.809. The molecule has 0 aromatic rings. The zero-order valence-corrected chi connectivity index (χ0v) is 15.4. The smallest absolute Gasteiger partial charge is 0.0814 e. The number of hydrogen-bond acceptors (Lipinski definition) is 2. The normalized spacial score (nSPS) is 15.1. The Morgan fingerprint density at radius 3 is 1.05 bits per heavy atom. The molecule has 0 spiro atoms. The van der Waals surface area contributed by atoms with Gasteiger partial charge in [-0.25, -0.2) is 0 Å². The van der Waals surface area contributed by atoms with Crippen LogP contribution in [0, 0.1) is 0 Å². The van der Waals surface area contributed by atoms with Crippen LogP contribution in [-0.4, -0.2) is 22.4 Å². The van der Waals surface area contributed by atoms with Crippen LogP contribution in [0.3, 0.4) is 0 Å². The van der Waals surface area contributed by atoms with Crippen molar-refractivity contribution in [1.29, 1.82) is 0 Å². The molecule has 120 valence electrons. The van der Waals surface area contributed by atoms with Gasteiger partial charge in [0.05, 0.1) is 22.4 Å². The van der Waals surface area contributed by atoms with Gasteiger partial charge in [-0.1, -0.05) is 26.0 Å². The van der Waals surface area contributed by atoms with Crippen LogP contribution in [0.15, 0.2) is 12.2 Å². The molecule has 0 aromatic heterocycles. The molecule has 0 aliphatic rings. The Balaban J connectivity index is 4.82. The molecular weight excluding hydrogens is 248 g/mol. The molecule has 0 saturated heterocycles. The highest BCUT2D eigenvalue weighted by Gasteiger charge is 2.29.